The molecule has 0 saturated carbocycles. The molecule has 1 unspecified atom stereocenters. The Morgan fingerprint density at radius 1 is 1.32 bits per heavy atom. The molecule has 2 aromatic rings. The highest BCUT2D eigenvalue weighted by Gasteiger charge is 2.20. The van der Waals surface area contributed by atoms with Crippen molar-refractivity contribution in [2.24, 2.45) is 0 Å². The van der Waals surface area contributed by atoms with Gasteiger partial charge in [-0.1, -0.05) is 17.7 Å². The molecule has 2 amide bonds. The number of nitrogens with zero attached hydrogens (tertiary/aromatic N) is 1. The minimum absolute atomic E-state index is 0.0629. The van der Waals surface area contributed by atoms with Gasteiger partial charge in [-0.3, -0.25) is 24.5 Å². The second kappa shape index (κ2) is 9.81. The van der Waals surface area contributed by atoms with Gasteiger partial charge in [0.2, 0.25) is 5.91 Å². The number of carbonyl (C=O) groups is 3. The van der Waals surface area contributed by atoms with Crippen molar-refractivity contribution in [1.82, 2.24) is 5.32 Å². The molecular weight excluding hydrogens is 410 g/mol. The number of nitro benzene ring substituents is 1. The zero-order chi connectivity index (χ0) is 20.7. The van der Waals surface area contributed by atoms with Crippen LogP contribution in [0.4, 0.5) is 11.4 Å². The van der Waals surface area contributed by atoms with E-state index in [-0.39, 0.29) is 28.7 Å². The number of esters is 1. The molecule has 0 aliphatic carbocycles. The monoisotopic (exact) mass is 425 g/mol. The fourth-order valence-corrected chi connectivity index (χ4v) is 3.22. The molecule has 0 radical (unpaired) electrons. The van der Waals surface area contributed by atoms with Crippen LogP contribution >= 0.6 is 22.9 Å². The molecule has 2 rings (SSSR count). The maximum Gasteiger partial charge on any atom is 0.308 e. The van der Waals surface area contributed by atoms with E-state index in [1.54, 1.807) is 12.1 Å². The zero-order valence-electron chi connectivity index (χ0n) is 14.6. The predicted octanol–water partition coefficient (Wildman–Crippen LogP) is 3.06. The SMILES string of the molecule is CC(=O)NC(CC(=O)OCC(=O)Nc1ccc(Cl)c([N+](=O)[O-])c1)c1cccs1. The maximum absolute atomic E-state index is 12.0. The molecule has 0 spiro atoms. The number of hydrogen-bond donors (Lipinski definition) is 2. The molecule has 0 saturated heterocycles. The van der Waals surface area contributed by atoms with E-state index in [1.165, 1.54) is 30.4 Å². The van der Waals surface area contributed by atoms with E-state index >= 15 is 0 Å². The first kappa shape index (κ1) is 21.3. The summed E-state index contributed by atoms with van der Waals surface area (Å²) >= 11 is 7.08. The molecule has 11 heteroatoms. The quantitative estimate of drug-likeness (QED) is 0.380. The summed E-state index contributed by atoms with van der Waals surface area (Å²) in [6.07, 6.45) is -0.139. The Kier molecular flexibility index (Phi) is 7.47. The number of nitro groups is 1. The lowest BCUT2D eigenvalue weighted by molar-refractivity contribution is -0.384. The van der Waals surface area contributed by atoms with Crippen molar-refractivity contribution in [2.45, 2.75) is 19.4 Å². The van der Waals surface area contributed by atoms with Crippen LogP contribution in [0.15, 0.2) is 35.7 Å². The third-order valence-electron chi connectivity index (χ3n) is 3.43. The molecule has 148 valence electrons. The minimum atomic E-state index is -0.676. The fraction of sp³-hybridized carbons (Fsp3) is 0.235. The van der Waals surface area contributed by atoms with Crippen LogP contribution in [0.1, 0.15) is 24.3 Å². The molecule has 0 fully saturated rings. The van der Waals surface area contributed by atoms with E-state index < -0.39 is 29.4 Å². The molecule has 28 heavy (non-hydrogen) atoms. The van der Waals surface area contributed by atoms with Crippen LogP contribution in [0, 0.1) is 10.1 Å². The van der Waals surface area contributed by atoms with Crippen molar-refractivity contribution in [1.29, 1.82) is 0 Å². The Bertz CT molecular complexity index is 887. The minimum Gasteiger partial charge on any atom is -0.455 e. The number of carbonyl (C=O) groups excluding carboxylic acids is 3. The summed E-state index contributed by atoms with van der Waals surface area (Å²) in [6.45, 7) is 0.761. The van der Waals surface area contributed by atoms with Gasteiger partial charge in [0.1, 0.15) is 5.02 Å². The number of thiophene rings is 1. The summed E-state index contributed by atoms with van der Waals surface area (Å²) in [5.41, 5.74) is -0.211. The van der Waals surface area contributed by atoms with Crippen molar-refractivity contribution < 1.29 is 24.0 Å². The van der Waals surface area contributed by atoms with Crippen molar-refractivity contribution in [3.63, 3.8) is 0 Å². The van der Waals surface area contributed by atoms with Crippen LogP contribution < -0.4 is 10.6 Å². The first-order chi connectivity index (χ1) is 13.3. The largest absolute Gasteiger partial charge is 0.455 e. The maximum atomic E-state index is 12.0. The molecule has 0 bridgehead atoms. The first-order valence-electron chi connectivity index (χ1n) is 7.96. The lowest BCUT2D eigenvalue weighted by atomic mass is 10.1. The van der Waals surface area contributed by atoms with Gasteiger partial charge in [0, 0.05) is 23.6 Å². The van der Waals surface area contributed by atoms with E-state index in [4.69, 9.17) is 16.3 Å². The second-order valence-corrected chi connectivity index (χ2v) is 6.99. The first-order valence-corrected chi connectivity index (χ1v) is 9.22. The van der Waals surface area contributed by atoms with Crippen molar-refractivity contribution >= 4 is 52.1 Å². The summed E-state index contributed by atoms with van der Waals surface area (Å²) in [5, 5.41) is 17.7. The standard InChI is InChI=1S/C17H16ClN3O6S/c1-10(22)19-13(15-3-2-6-28-15)8-17(24)27-9-16(23)20-11-4-5-12(18)14(7-11)21(25)26/h2-7,13H,8-9H2,1H3,(H,19,22)(H,20,23). The third kappa shape index (κ3) is 6.32. The number of benzene rings is 1. The molecule has 1 heterocycles. The molecule has 9 nitrogen and oxygen atoms in total. The molecule has 0 aliphatic heterocycles. The van der Waals surface area contributed by atoms with Gasteiger partial charge in [0.05, 0.1) is 17.4 Å². The van der Waals surface area contributed by atoms with Crippen LogP contribution in [0.2, 0.25) is 5.02 Å². The Hall–Kier alpha value is -2.98. The van der Waals surface area contributed by atoms with Crippen LogP contribution in [0.25, 0.3) is 0 Å². The summed E-state index contributed by atoms with van der Waals surface area (Å²) in [7, 11) is 0. The second-order valence-electron chi connectivity index (χ2n) is 5.60. The smallest absolute Gasteiger partial charge is 0.308 e. The Labute approximate surface area is 168 Å². The Balaban J connectivity index is 1.89. The van der Waals surface area contributed by atoms with Gasteiger partial charge >= 0.3 is 5.97 Å². The Morgan fingerprint density at radius 3 is 2.68 bits per heavy atom. The average molecular weight is 426 g/mol. The molecular formula is C17H16ClN3O6S. The van der Waals surface area contributed by atoms with Gasteiger partial charge in [-0.15, -0.1) is 11.3 Å². The van der Waals surface area contributed by atoms with E-state index in [0.717, 1.165) is 10.9 Å². The predicted molar refractivity (Wildman–Crippen MR) is 103 cm³/mol. The van der Waals surface area contributed by atoms with Crippen molar-refractivity contribution in [2.75, 3.05) is 11.9 Å². The van der Waals surface area contributed by atoms with Crippen LogP contribution in [-0.4, -0.2) is 29.3 Å². The Morgan fingerprint density at radius 2 is 2.07 bits per heavy atom. The summed E-state index contributed by atoms with van der Waals surface area (Å²) in [5.74, 6) is -1.64. The number of rotatable bonds is 8. The summed E-state index contributed by atoms with van der Waals surface area (Å²) < 4.78 is 4.93. The van der Waals surface area contributed by atoms with Gasteiger partial charge < -0.3 is 15.4 Å². The number of hydrogen-bond acceptors (Lipinski definition) is 7. The zero-order valence-corrected chi connectivity index (χ0v) is 16.2. The van der Waals surface area contributed by atoms with Crippen LogP contribution in [-0.2, 0) is 19.1 Å². The van der Waals surface area contributed by atoms with E-state index in [0.29, 0.717) is 0 Å². The summed E-state index contributed by atoms with van der Waals surface area (Å²) in [4.78, 5) is 46.2. The van der Waals surface area contributed by atoms with E-state index in [2.05, 4.69) is 10.6 Å². The van der Waals surface area contributed by atoms with Crippen molar-refractivity contribution in [3.8, 4) is 0 Å². The van der Waals surface area contributed by atoms with Crippen LogP contribution in [0.3, 0.4) is 0 Å². The number of nitrogens with one attached hydrogen (secondary N) is 2. The van der Waals surface area contributed by atoms with E-state index in [1.807, 2.05) is 5.38 Å². The van der Waals surface area contributed by atoms with E-state index in [9.17, 15) is 24.5 Å². The molecule has 1 aromatic carbocycles. The topological polar surface area (TPSA) is 128 Å². The third-order valence-corrected chi connectivity index (χ3v) is 4.73. The van der Waals surface area contributed by atoms with Gasteiger partial charge in [-0.25, -0.2) is 0 Å². The highest BCUT2D eigenvalue weighted by Crippen LogP contribution is 2.27. The summed E-state index contributed by atoms with van der Waals surface area (Å²) in [6, 6.07) is 6.79. The van der Waals surface area contributed by atoms with Crippen molar-refractivity contribution in [3.05, 3.63) is 55.7 Å². The van der Waals surface area contributed by atoms with Crippen LogP contribution in [0.5, 0.6) is 0 Å². The number of ether oxygens (including phenoxy) is 1. The lowest BCUT2D eigenvalue weighted by Gasteiger charge is -2.15. The van der Waals surface area contributed by atoms with Gasteiger partial charge in [0.15, 0.2) is 6.61 Å². The molecule has 2 N–H and O–H groups in total. The highest BCUT2D eigenvalue weighted by atomic mass is 35.5. The number of halogens is 1. The molecule has 0 aliphatic rings. The number of anilines is 1. The molecule has 1 aromatic heterocycles. The van der Waals surface area contributed by atoms with Gasteiger partial charge in [-0.2, -0.15) is 0 Å². The highest BCUT2D eigenvalue weighted by molar-refractivity contribution is 7.10. The lowest BCUT2D eigenvalue weighted by Crippen LogP contribution is -2.29. The van der Waals surface area contributed by atoms with Gasteiger partial charge in [-0.05, 0) is 23.6 Å². The number of amides is 2. The fourth-order valence-electron chi connectivity index (χ4n) is 2.26. The molecule has 1 atom stereocenters. The normalized spacial score (nSPS) is 11.4. The average Bonchev–Trinajstić information content (AvgIpc) is 3.15. The van der Waals surface area contributed by atoms with Gasteiger partial charge in [0.25, 0.3) is 11.6 Å².